The molecule has 0 saturated heterocycles. The number of benzene rings is 1. The number of rotatable bonds is 4. The highest BCUT2D eigenvalue weighted by Crippen LogP contribution is 2.27. The molecule has 0 radical (unpaired) electrons. The van der Waals surface area contributed by atoms with E-state index in [1.165, 1.54) is 0 Å². The number of nitrogens with zero attached hydrogens (tertiary/aromatic N) is 2. The van der Waals surface area contributed by atoms with Gasteiger partial charge in [-0.2, -0.15) is 5.10 Å². The molecule has 0 saturated carbocycles. The molecule has 0 atom stereocenters. The topological polar surface area (TPSA) is 43.8 Å². The van der Waals surface area contributed by atoms with Crippen LogP contribution in [0, 0.1) is 0 Å². The molecule has 0 unspecified atom stereocenters. The molecule has 96 valence electrons. The van der Waals surface area contributed by atoms with E-state index in [2.05, 4.69) is 40.9 Å². The van der Waals surface area contributed by atoms with Crippen LogP contribution >= 0.6 is 15.9 Å². The van der Waals surface area contributed by atoms with Crippen molar-refractivity contribution >= 4 is 21.7 Å². The number of anilines is 1. The van der Waals surface area contributed by atoms with Gasteiger partial charge in [0, 0.05) is 16.1 Å². The van der Waals surface area contributed by atoms with E-state index in [-0.39, 0.29) is 0 Å². The third kappa shape index (κ3) is 2.58. The molecule has 3 nitrogen and oxygen atoms in total. The molecular weight excluding hydrogens is 290 g/mol. The second-order valence-electron chi connectivity index (χ2n) is 4.38. The van der Waals surface area contributed by atoms with Gasteiger partial charge in [0.2, 0.25) is 0 Å². The molecule has 1 aromatic carbocycles. The van der Waals surface area contributed by atoms with Crippen molar-refractivity contribution in [1.29, 1.82) is 0 Å². The summed E-state index contributed by atoms with van der Waals surface area (Å²) >= 11 is 3.48. The van der Waals surface area contributed by atoms with Crippen molar-refractivity contribution in [3.63, 3.8) is 0 Å². The molecule has 0 spiro atoms. The number of nitrogens with two attached hydrogens (primary N) is 1. The Kier molecular flexibility index (Phi) is 4.07. The van der Waals surface area contributed by atoms with Gasteiger partial charge in [0.15, 0.2) is 0 Å². The summed E-state index contributed by atoms with van der Waals surface area (Å²) in [5.41, 5.74) is 8.07. The number of hydrogen-bond donors (Lipinski definition) is 1. The van der Waals surface area contributed by atoms with Crippen LogP contribution in [-0.2, 0) is 0 Å². The standard InChI is InChI=1S/C14H18BrN3/c1-3-12(4-2)18-14(16)9-13(17-18)10-6-5-7-11(15)8-10/h5-9,12H,3-4,16H2,1-2H3. The zero-order valence-electron chi connectivity index (χ0n) is 10.7. The SMILES string of the molecule is CCC(CC)n1nc(-c2cccc(Br)c2)cc1N. The van der Waals surface area contributed by atoms with Crippen molar-refractivity contribution in [2.45, 2.75) is 32.7 Å². The summed E-state index contributed by atoms with van der Waals surface area (Å²) in [6, 6.07) is 10.4. The lowest BCUT2D eigenvalue weighted by molar-refractivity contribution is 0.435. The van der Waals surface area contributed by atoms with E-state index in [0.717, 1.165) is 34.4 Å². The maximum Gasteiger partial charge on any atom is 0.122 e. The summed E-state index contributed by atoms with van der Waals surface area (Å²) in [7, 11) is 0. The van der Waals surface area contributed by atoms with Crippen LogP contribution in [0.2, 0.25) is 0 Å². The number of halogens is 1. The van der Waals surface area contributed by atoms with Crippen LogP contribution in [0.25, 0.3) is 11.3 Å². The molecule has 0 fully saturated rings. The van der Waals surface area contributed by atoms with E-state index in [9.17, 15) is 0 Å². The van der Waals surface area contributed by atoms with Crippen LogP contribution in [0.4, 0.5) is 5.82 Å². The van der Waals surface area contributed by atoms with Gasteiger partial charge in [-0.05, 0) is 25.0 Å². The van der Waals surface area contributed by atoms with E-state index in [0.29, 0.717) is 6.04 Å². The predicted molar refractivity (Wildman–Crippen MR) is 79.4 cm³/mol. The summed E-state index contributed by atoms with van der Waals surface area (Å²) in [5.74, 6) is 0.735. The van der Waals surface area contributed by atoms with Crippen molar-refractivity contribution in [3.05, 3.63) is 34.8 Å². The van der Waals surface area contributed by atoms with Crippen molar-refractivity contribution in [3.8, 4) is 11.3 Å². The lowest BCUT2D eigenvalue weighted by Crippen LogP contribution is -2.11. The number of hydrogen-bond acceptors (Lipinski definition) is 2. The second kappa shape index (κ2) is 5.57. The van der Waals surface area contributed by atoms with Crippen LogP contribution in [0.3, 0.4) is 0 Å². The van der Waals surface area contributed by atoms with Crippen LogP contribution in [-0.4, -0.2) is 9.78 Å². The fourth-order valence-corrected chi connectivity index (χ4v) is 2.52. The molecule has 0 bridgehead atoms. The van der Waals surface area contributed by atoms with E-state index in [1.807, 2.05) is 28.9 Å². The Bertz CT molecular complexity index is 530. The van der Waals surface area contributed by atoms with Gasteiger partial charge in [0.1, 0.15) is 5.82 Å². The molecule has 2 rings (SSSR count). The van der Waals surface area contributed by atoms with Crippen LogP contribution in [0.15, 0.2) is 34.8 Å². The fourth-order valence-electron chi connectivity index (χ4n) is 2.12. The zero-order valence-corrected chi connectivity index (χ0v) is 12.3. The van der Waals surface area contributed by atoms with E-state index < -0.39 is 0 Å². The third-order valence-electron chi connectivity index (χ3n) is 3.17. The average molecular weight is 308 g/mol. The predicted octanol–water partition coefficient (Wildman–Crippen LogP) is 4.26. The van der Waals surface area contributed by atoms with Gasteiger partial charge in [-0.15, -0.1) is 0 Å². The van der Waals surface area contributed by atoms with Crippen LogP contribution < -0.4 is 5.73 Å². The van der Waals surface area contributed by atoms with Crippen LogP contribution in [0.1, 0.15) is 32.7 Å². The molecule has 0 aliphatic carbocycles. The van der Waals surface area contributed by atoms with Crippen molar-refractivity contribution in [2.24, 2.45) is 0 Å². The first-order valence-corrected chi connectivity index (χ1v) is 7.06. The molecule has 0 amide bonds. The Hall–Kier alpha value is -1.29. The summed E-state index contributed by atoms with van der Waals surface area (Å²) in [4.78, 5) is 0. The van der Waals surface area contributed by atoms with Crippen LogP contribution in [0.5, 0.6) is 0 Å². The molecule has 18 heavy (non-hydrogen) atoms. The van der Waals surface area contributed by atoms with Crippen molar-refractivity contribution < 1.29 is 0 Å². The Morgan fingerprint density at radius 1 is 1.28 bits per heavy atom. The van der Waals surface area contributed by atoms with Gasteiger partial charge in [0.25, 0.3) is 0 Å². The Morgan fingerprint density at radius 3 is 2.61 bits per heavy atom. The molecular formula is C14H18BrN3. The number of nitrogen functional groups attached to an aromatic ring is 1. The minimum absolute atomic E-state index is 0.380. The van der Waals surface area contributed by atoms with Gasteiger partial charge in [-0.25, -0.2) is 4.68 Å². The normalized spacial score (nSPS) is 11.1. The lowest BCUT2D eigenvalue weighted by atomic mass is 10.1. The highest BCUT2D eigenvalue weighted by Gasteiger charge is 2.13. The first-order valence-electron chi connectivity index (χ1n) is 6.26. The molecule has 4 heteroatoms. The minimum atomic E-state index is 0.380. The van der Waals surface area contributed by atoms with Crippen molar-refractivity contribution in [1.82, 2.24) is 9.78 Å². The summed E-state index contributed by atoms with van der Waals surface area (Å²) < 4.78 is 2.99. The van der Waals surface area contributed by atoms with E-state index in [1.54, 1.807) is 0 Å². The third-order valence-corrected chi connectivity index (χ3v) is 3.67. The van der Waals surface area contributed by atoms with Gasteiger partial charge in [0.05, 0.1) is 11.7 Å². The summed E-state index contributed by atoms with van der Waals surface area (Å²) in [5, 5.41) is 4.63. The fraction of sp³-hybridized carbons (Fsp3) is 0.357. The first kappa shape index (κ1) is 13.1. The Morgan fingerprint density at radius 2 is 2.00 bits per heavy atom. The molecule has 0 aliphatic rings. The highest BCUT2D eigenvalue weighted by molar-refractivity contribution is 9.10. The minimum Gasteiger partial charge on any atom is -0.384 e. The smallest absolute Gasteiger partial charge is 0.122 e. The maximum absolute atomic E-state index is 6.06. The summed E-state index contributed by atoms with van der Waals surface area (Å²) in [6.45, 7) is 4.32. The summed E-state index contributed by atoms with van der Waals surface area (Å²) in [6.07, 6.45) is 2.08. The molecule has 1 heterocycles. The van der Waals surface area contributed by atoms with Gasteiger partial charge < -0.3 is 5.73 Å². The highest BCUT2D eigenvalue weighted by atomic mass is 79.9. The monoisotopic (exact) mass is 307 g/mol. The largest absolute Gasteiger partial charge is 0.384 e. The molecule has 0 aliphatic heterocycles. The zero-order chi connectivity index (χ0) is 13.1. The van der Waals surface area contributed by atoms with Gasteiger partial charge in [-0.1, -0.05) is 41.9 Å². The van der Waals surface area contributed by atoms with E-state index in [4.69, 9.17) is 5.73 Å². The molecule has 2 N–H and O–H groups in total. The first-order chi connectivity index (χ1) is 8.65. The Labute approximate surface area is 116 Å². The average Bonchev–Trinajstić information content (AvgIpc) is 2.74. The molecule has 1 aromatic heterocycles. The quantitative estimate of drug-likeness (QED) is 0.917. The van der Waals surface area contributed by atoms with Crippen molar-refractivity contribution in [2.75, 3.05) is 5.73 Å². The van der Waals surface area contributed by atoms with E-state index >= 15 is 0 Å². The lowest BCUT2D eigenvalue weighted by Gasteiger charge is -2.14. The van der Waals surface area contributed by atoms with Gasteiger partial charge >= 0.3 is 0 Å². The Balaban J connectivity index is 2.39. The van der Waals surface area contributed by atoms with Gasteiger partial charge in [-0.3, -0.25) is 0 Å². The molecule has 2 aromatic rings. The number of aromatic nitrogens is 2. The second-order valence-corrected chi connectivity index (χ2v) is 5.30. The maximum atomic E-state index is 6.06.